The van der Waals surface area contributed by atoms with Gasteiger partial charge in [-0.2, -0.15) is 0 Å². The van der Waals surface area contributed by atoms with Gasteiger partial charge in [0.2, 0.25) is 0 Å². The number of nitrogens with zero attached hydrogens (tertiary/aromatic N) is 2. The van der Waals surface area contributed by atoms with E-state index in [1.165, 1.54) is 99.0 Å². The Balaban J connectivity index is 1.25. The first-order chi connectivity index (χ1) is 25.6. The van der Waals surface area contributed by atoms with E-state index < -0.39 is 0 Å². The Bertz CT molecular complexity index is 3050. The van der Waals surface area contributed by atoms with Crippen LogP contribution in [0.3, 0.4) is 0 Å². The Hall–Kier alpha value is -5.86. The Morgan fingerprint density at radius 1 is 0.377 bits per heavy atom. The largest absolute Gasteiger partial charge is 0.309 e. The number of aromatic nitrogens is 2. The lowest BCUT2D eigenvalue weighted by atomic mass is 9.59. The van der Waals surface area contributed by atoms with Crippen molar-refractivity contribution in [2.45, 2.75) is 52.4 Å². The minimum absolute atomic E-state index is 0.0169. The van der Waals surface area contributed by atoms with Gasteiger partial charge in [-0.25, -0.2) is 0 Å². The van der Waals surface area contributed by atoms with Crippen LogP contribution in [0.5, 0.6) is 0 Å². The Kier molecular flexibility index (Phi) is 5.90. The molecule has 2 heteroatoms. The number of hydrogen-bond acceptors (Lipinski definition) is 0. The summed E-state index contributed by atoms with van der Waals surface area (Å²) >= 11 is 0. The molecule has 0 saturated carbocycles. The van der Waals surface area contributed by atoms with Crippen LogP contribution in [0.4, 0.5) is 0 Å². The Morgan fingerprint density at radius 2 is 0.830 bits per heavy atom. The van der Waals surface area contributed by atoms with Crippen molar-refractivity contribution in [3.63, 3.8) is 0 Å². The van der Waals surface area contributed by atoms with Crippen molar-refractivity contribution in [3.8, 4) is 27.9 Å². The van der Waals surface area contributed by atoms with Crippen molar-refractivity contribution >= 4 is 59.9 Å². The molecule has 0 spiro atoms. The highest BCUT2D eigenvalue weighted by Crippen LogP contribution is 2.63. The maximum Gasteiger partial charge on any atom is 0.0620 e. The zero-order valence-corrected chi connectivity index (χ0v) is 31.3. The highest BCUT2D eigenvalue weighted by molar-refractivity contribution is 6.24. The first-order valence-electron chi connectivity index (χ1n) is 19.0. The standard InChI is InChI=1S/C51H42N2/c1-49(2)42-29-37(31-24-25-47-39(26-31)34-18-10-13-21-44(34)52(47)33-16-8-7-9-17-33)38(30-43(42)50(3,4)51(49,5)6)32-27-40-35-19-11-14-22-45(35)53-46-23-15-12-20-36(46)41(28-32)48(40)53/h7-30H,1-6H3. The maximum absolute atomic E-state index is 2.58. The van der Waals surface area contributed by atoms with Gasteiger partial charge >= 0.3 is 0 Å². The second kappa shape index (κ2) is 10.2. The molecular formula is C51H42N2. The Morgan fingerprint density at radius 3 is 1.42 bits per heavy atom. The predicted molar refractivity (Wildman–Crippen MR) is 226 cm³/mol. The molecule has 0 saturated heterocycles. The van der Waals surface area contributed by atoms with Gasteiger partial charge in [-0.15, -0.1) is 0 Å². The van der Waals surface area contributed by atoms with Crippen LogP contribution in [0.1, 0.15) is 52.7 Å². The zero-order valence-electron chi connectivity index (χ0n) is 31.3. The van der Waals surface area contributed by atoms with E-state index in [0.717, 1.165) is 0 Å². The van der Waals surface area contributed by atoms with Crippen LogP contribution in [-0.2, 0) is 10.8 Å². The smallest absolute Gasteiger partial charge is 0.0620 e. The Labute approximate surface area is 310 Å². The summed E-state index contributed by atoms with van der Waals surface area (Å²) in [6, 6.07) is 54.7. The van der Waals surface area contributed by atoms with E-state index >= 15 is 0 Å². The minimum atomic E-state index is -0.0182. The number of hydrogen-bond donors (Lipinski definition) is 0. The molecule has 0 N–H and O–H groups in total. The van der Waals surface area contributed by atoms with Crippen molar-refractivity contribution in [1.29, 1.82) is 0 Å². The van der Waals surface area contributed by atoms with E-state index in [2.05, 4.69) is 196 Å². The third-order valence-electron chi connectivity index (χ3n) is 14.1. The van der Waals surface area contributed by atoms with E-state index in [4.69, 9.17) is 0 Å². The molecule has 2 nitrogen and oxygen atoms in total. The van der Waals surface area contributed by atoms with Gasteiger partial charge in [-0.3, -0.25) is 0 Å². The second-order valence-electron chi connectivity index (χ2n) is 17.0. The number of benzene rings is 7. The van der Waals surface area contributed by atoms with Crippen LogP contribution in [0, 0.1) is 5.41 Å². The highest BCUT2D eigenvalue weighted by Gasteiger charge is 2.57. The van der Waals surface area contributed by atoms with Crippen molar-refractivity contribution in [3.05, 3.63) is 157 Å². The van der Waals surface area contributed by atoms with Gasteiger partial charge in [0.1, 0.15) is 0 Å². The summed E-state index contributed by atoms with van der Waals surface area (Å²) in [5.41, 5.74) is 15.6. The molecule has 3 aromatic heterocycles. The molecule has 0 amide bonds. The van der Waals surface area contributed by atoms with E-state index in [9.17, 15) is 0 Å². The predicted octanol–water partition coefficient (Wildman–Crippen LogP) is 13.9. The SMILES string of the molecule is CC1(C)c2cc(-c3ccc4c(c3)c3ccccc3n4-c3ccccc3)c(-c3cc4c5ccccc5n5c6ccccc6c(c3)c45)cc2C(C)(C)C1(C)C. The molecule has 0 aliphatic heterocycles. The number of para-hydroxylation sites is 4. The average molecular weight is 683 g/mol. The molecule has 7 aromatic carbocycles. The summed E-state index contributed by atoms with van der Waals surface area (Å²) < 4.78 is 4.89. The summed E-state index contributed by atoms with van der Waals surface area (Å²) in [7, 11) is 0. The van der Waals surface area contributed by atoms with Gasteiger partial charge in [0.25, 0.3) is 0 Å². The fourth-order valence-corrected chi connectivity index (χ4v) is 10.2. The molecule has 53 heavy (non-hydrogen) atoms. The van der Waals surface area contributed by atoms with E-state index in [1.54, 1.807) is 0 Å². The average Bonchev–Trinajstić information content (AvgIpc) is 3.84. The van der Waals surface area contributed by atoms with E-state index in [0.29, 0.717) is 0 Å². The molecular weight excluding hydrogens is 641 g/mol. The van der Waals surface area contributed by atoms with Gasteiger partial charge in [0.05, 0.1) is 27.6 Å². The molecule has 1 aliphatic rings. The zero-order chi connectivity index (χ0) is 36.0. The maximum atomic E-state index is 2.58. The van der Waals surface area contributed by atoms with Crippen molar-refractivity contribution in [2.75, 3.05) is 0 Å². The lowest BCUT2D eigenvalue weighted by Crippen LogP contribution is -2.42. The molecule has 0 fully saturated rings. The molecule has 0 bridgehead atoms. The molecule has 3 heterocycles. The van der Waals surface area contributed by atoms with Gasteiger partial charge in [0, 0.05) is 38.0 Å². The van der Waals surface area contributed by atoms with Crippen LogP contribution < -0.4 is 0 Å². The summed E-state index contributed by atoms with van der Waals surface area (Å²) in [5.74, 6) is 0. The fraction of sp³-hybridized carbons (Fsp3) is 0.176. The van der Waals surface area contributed by atoms with E-state index in [-0.39, 0.29) is 16.2 Å². The van der Waals surface area contributed by atoms with Crippen molar-refractivity contribution < 1.29 is 0 Å². The lowest BCUT2D eigenvalue weighted by molar-refractivity contribution is 0.125. The normalized spacial score (nSPS) is 16.2. The molecule has 0 unspecified atom stereocenters. The van der Waals surface area contributed by atoms with Gasteiger partial charge < -0.3 is 8.97 Å². The highest BCUT2D eigenvalue weighted by atomic mass is 15.0. The molecule has 0 atom stereocenters. The lowest BCUT2D eigenvalue weighted by Gasteiger charge is -2.44. The molecule has 0 radical (unpaired) electrons. The topological polar surface area (TPSA) is 9.34 Å². The van der Waals surface area contributed by atoms with Gasteiger partial charge in [-0.1, -0.05) is 120 Å². The van der Waals surface area contributed by atoms with E-state index in [1.807, 2.05) is 0 Å². The van der Waals surface area contributed by atoms with Crippen LogP contribution in [0.25, 0.3) is 87.8 Å². The van der Waals surface area contributed by atoms with Crippen LogP contribution in [0.2, 0.25) is 0 Å². The van der Waals surface area contributed by atoms with Gasteiger partial charge in [0.15, 0.2) is 0 Å². The minimum Gasteiger partial charge on any atom is -0.309 e. The van der Waals surface area contributed by atoms with Crippen molar-refractivity contribution in [2.24, 2.45) is 5.41 Å². The second-order valence-corrected chi connectivity index (χ2v) is 17.0. The summed E-state index contributed by atoms with van der Waals surface area (Å²) in [5, 5.41) is 7.80. The first kappa shape index (κ1) is 30.7. The molecule has 11 rings (SSSR count). The summed E-state index contributed by atoms with van der Waals surface area (Å²) in [6.45, 7) is 14.8. The van der Waals surface area contributed by atoms with Crippen LogP contribution >= 0.6 is 0 Å². The molecule has 256 valence electrons. The summed E-state index contributed by atoms with van der Waals surface area (Å²) in [6.07, 6.45) is 0. The molecule has 10 aromatic rings. The van der Waals surface area contributed by atoms with Crippen LogP contribution in [0.15, 0.2) is 146 Å². The van der Waals surface area contributed by atoms with Crippen LogP contribution in [-0.4, -0.2) is 8.97 Å². The quantitative estimate of drug-likeness (QED) is 0.175. The number of fused-ring (bicyclic) bond motifs is 10. The monoisotopic (exact) mass is 682 g/mol. The number of rotatable bonds is 3. The fourth-order valence-electron chi connectivity index (χ4n) is 10.2. The summed E-state index contributed by atoms with van der Waals surface area (Å²) in [4.78, 5) is 0. The molecule has 1 aliphatic carbocycles. The third kappa shape index (κ3) is 3.78. The first-order valence-corrected chi connectivity index (χ1v) is 19.0. The van der Waals surface area contributed by atoms with Crippen molar-refractivity contribution in [1.82, 2.24) is 8.97 Å². The third-order valence-corrected chi connectivity index (χ3v) is 14.1. The van der Waals surface area contributed by atoms with Gasteiger partial charge in [-0.05, 0) is 116 Å².